The number of ether oxygens (including phenoxy) is 1. The van der Waals surface area contributed by atoms with Gasteiger partial charge in [0, 0.05) is 31.7 Å². The van der Waals surface area contributed by atoms with Crippen LogP contribution in [0.1, 0.15) is 28.4 Å². The number of carbonyl (C=O) groups excluding carboxylic acids is 1. The van der Waals surface area contributed by atoms with Crippen molar-refractivity contribution in [3.05, 3.63) is 89.1 Å². The van der Waals surface area contributed by atoms with Crippen LogP contribution in [-0.2, 0) is 9.59 Å². The molecule has 4 rings (SSSR count). The van der Waals surface area contributed by atoms with Gasteiger partial charge >= 0.3 is 11.9 Å². The van der Waals surface area contributed by atoms with Crippen molar-refractivity contribution in [1.82, 2.24) is 4.90 Å². The summed E-state index contributed by atoms with van der Waals surface area (Å²) in [7, 11) is 3.56. The number of oxime groups is 1. The van der Waals surface area contributed by atoms with Crippen LogP contribution < -0.4 is 14.5 Å². The van der Waals surface area contributed by atoms with Crippen LogP contribution in [0.3, 0.4) is 0 Å². The fourth-order valence-corrected chi connectivity index (χ4v) is 5.01. The number of methoxy groups -OCH3 is 1. The van der Waals surface area contributed by atoms with Crippen molar-refractivity contribution in [2.75, 3.05) is 50.1 Å². The number of anilines is 2. The van der Waals surface area contributed by atoms with Gasteiger partial charge < -0.3 is 30.0 Å². The molecule has 1 heterocycles. The fourth-order valence-electron chi connectivity index (χ4n) is 5.01. The maximum absolute atomic E-state index is 14.1. The molecule has 1 fully saturated rings. The molecule has 11 nitrogen and oxygen atoms in total. The van der Waals surface area contributed by atoms with E-state index in [4.69, 9.17) is 9.94 Å². The van der Waals surface area contributed by atoms with Crippen LogP contribution in [0, 0.1) is 6.92 Å². The highest BCUT2D eigenvalue weighted by Crippen LogP contribution is 2.36. The second-order valence-electron chi connectivity index (χ2n) is 10.3. The molecule has 224 valence electrons. The number of carboxylic acid groups (broad SMARTS) is 2. The molecule has 1 amide bonds. The van der Waals surface area contributed by atoms with Crippen LogP contribution in [-0.4, -0.2) is 84.2 Å². The van der Waals surface area contributed by atoms with E-state index in [1.165, 1.54) is 13.2 Å². The van der Waals surface area contributed by atoms with E-state index >= 15 is 0 Å². The quantitative estimate of drug-likeness (QED) is 0.145. The first-order valence-electron chi connectivity index (χ1n) is 13.6. The Hall–Kier alpha value is -5.16. The molecule has 3 N–H and O–H groups in total. The Morgan fingerprint density at radius 2 is 1.58 bits per heavy atom. The zero-order valence-corrected chi connectivity index (χ0v) is 24.4. The molecule has 1 aliphatic heterocycles. The van der Waals surface area contributed by atoms with Crippen LogP contribution in [0.2, 0.25) is 0 Å². The molecule has 0 saturated carbocycles. The summed E-state index contributed by atoms with van der Waals surface area (Å²) in [6, 6.07) is 17.2. The molecule has 0 spiro atoms. The normalized spacial score (nSPS) is 14.4. The van der Waals surface area contributed by atoms with Gasteiger partial charge in [0.15, 0.2) is 0 Å². The first-order chi connectivity index (χ1) is 20.5. The smallest absolute Gasteiger partial charge is 0.353 e. The van der Waals surface area contributed by atoms with Crippen LogP contribution in [0.5, 0.6) is 5.75 Å². The molecule has 0 aromatic heterocycles. The largest absolute Gasteiger partial charge is 0.495 e. The van der Waals surface area contributed by atoms with Crippen molar-refractivity contribution in [2.24, 2.45) is 5.16 Å². The number of rotatable bonds is 9. The van der Waals surface area contributed by atoms with Crippen molar-refractivity contribution in [3.63, 3.8) is 0 Å². The molecule has 43 heavy (non-hydrogen) atoms. The van der Waals surface area contributed by atoms with Gasteiger partial charge in [0.25, 0.3) is 5.91 Å². The number of hydrogen-bond acceptors (Lipinski definition) is 8. The Morgan fingerprint density at radius 3 is 2.14 bits per heavy atom. The van der Waals surface area contributed by atoms with Gasteiger partial charge in [-0.2, -0.15) is 0 Å². The van der Waals surface area contributed by atoms with Gasteiger partial charge in [-0.1, -0.05) is 35.5 Å². The van der Waals surface area contributed by atoms with E-state index in [0.717, 1.165) is 40.2 Å². The zero-order valence-electron chi connectivity index (χ0n) is 24.4. The molecule has 1 saturated heterocycles. The standard InChI is InChI=1S/C32H34N4O7/c1-20-17-24(9-11-26(20)23-7-5-22(6-8-23)21(2)33-42)31(39)36(28(32(40)41)19-30(37)38)25-10-12-29(43-4)27(18-25)35-15-13-34(3)14-16-35/h5-12,17-19,42H,13-16H2,1-4H3,(H,37,38)(H,40,41)/b28-19-,33-21?. The minimum atomic E-state index is -1.57. The highest BCUT2D eigenvalue weighted by atomic mass is 16.5. The summed E-state index contributed by atoms with van der Waals surface area (Å²) in [4.78, 5) is 43.2. The molecule has 0 radical (unpaired) electrons. The predicted molar refractivity (Wildman–Crippen MR) is 163 cm³/mol. The third-order valence-corrected chi connectivity index (χ3v) is 7.42. The zero-order chi connectivity index (χ0) is 31.3. The van der Waals surface area contributed by atoms with E-state index in [-0.39, 0.29) is 11.3 Å². The Morgan fingerprint density at radius 1 is 0.930 bits per heavy atom. The molecule has 11 heteroatoms. The predicted octanol–water partition coefficient (Wildman–Crippen LogP) is 4.32. The number of likely N-dealkylation sites (N-methyl/N-ethyl adjacent to an activating group) is 1. The minimum Gasteiger partial charge on any atom is -0.495 e. The second-order valence-corrected chi connectivity index (χ2v) is 10.3. The van der Waals surface area contributed by atoms with E-state index in [9.17, 15) is 24.6 Å². The SMILES string of the molecule is COc1ccc(N(C(=O)c2ccc(-c3ccc(C(C)=NO)cc3)c(C)c2)/C(=C\C(=O)O)C(=O)O)cc1N1CCN(C)CC1. The summed E-state index contributed by atoms with van der Waals surface area (Å²) in [6.45, 7) is 6.50. The molecular weight excluding hydrogens is 552 g/mol. The Bertz CT molecular complexity index is 1590. The van der Waals surface area contributed by atoms with E-state index < -0.39 is 23.5 Å². The third-order valence-electron chi connectivity index (χ3n) is 7.42. The van der Waals surface area contributed by atoms with E-state index in [1.54, 1.807) is 37.3 Å². The number of piperazine rings is 1. The number of aliphatic carboxylic acids is 2. The van der Waals surface area contributed by atoms with Gasteiger partial charge in [0.1, 0.15) is 11.4 Å². The minimum absolute atomic E-state index is 0.177. The number of hydrogen-bond donors (Lipinski definition) is 3. The molecule has 3 aromatic rings. The molecule has 3 aromatic carbocycles. The number of amides is 1. The Balaban J connectivity index is 1.78. The first-order valence-corrected chi connectivity index (χ1v) is 13.6. The molecular formula is C32H34N4O7. The number of nitrogens with zero attached hydrogens (tertiary/aromatic N) is 4. The fraction of sp³-hybridized carbons (Fsp3) is 0.250. The van der Waals surface area contributed by atoms with Crippen molar-refractivity contribution >= 4 is 34.9 Å². The maximum atomic E-state index is 14.1. The number of carbonyl (C=O) groups is 3. The van der Waals surface area contributed by atoms with Crippen LogP contribution in [0.15, 0.2) is 77.6 Å². The average Bonchev–Trinajstić information content (AvgIpc) is 3.00. The molecule has 0 aliphatic carbocycles. The van der Waals surface area contributed by atoms with Gasteiger partial charge in [-0.25, -0.2) is 9.59 Å². The highest BCUT2D eigenvalue weighted by molar-refractivity contribution is 6.15. The summed E-state index contributed by atoms with van der Waals surface area (Å²) >= 11 is 0. The van der Waals surface area contributed by atoms with Crippen molar-refractivity contribution in [1.29, 1.82) is 0 Å². The lowest BCUT2D eigenvalue weighted by Crippen LogP contribution is -2.44. The first kappa shape index (κ1) is 30.8. The summed E-state index contributed by atoms with van der Waals surface area (Å²) < 4.78 is 5.57. The summed E-state index contributed by atoms with van der Waals surface area (Å²) in [5, 5.41) is 31.8. The van der Waals surface area contributed by atoms with Gasteiger partial charge in [-0.15, -0.1) is 0 Å². The lowest BCUT2D eigenvalue weighted by Gasteiger charge is -2.35. The highest BCUT2D eigenvalue weighted by Gasteiger charge is 2.29. The number of aryl methyl sites for hydroxylation is 1. The number of carboxylic acids is 2. The molecule has 0 unspecified atom stereocenters. The summed E-state index contributed by atoms with van der Waals surface area (Å²) in [6.07, 6.45) is 0.514. The van der Waals surface area contributed by atoms with Gasteiger partial charge in [0.2, 0.25) is 0 Å². The Kier molecular flexibility index (Phi) is 9.46. The average molecular weight is 587 g/mol. The van der Waals surface area contributed by atoms with Gasteiger partial charge in [0.05, 0.1) is 30.3 Å². The summed E-state index contributed by atoms with van der Waals surface area (Å²) in [5.74, 6) is -3.22. The van der Waals surface area contributed by atoms with E-state index in [2.05, 4.69) is 15.0 Å². The summed E-state index contributed by atoms with van der Waals surface area (Å²) in [5.41, 5.74) is 4.02. The monoisotopic (exact) mass is 586 g/mol. The number of benzene rings is 3. The van der Waals surface area contributed by atoms with Crippen LogP contribution in [0.4, 0.5) is 11.4 Å². The molecule has 0 bridgehead atoms. The topological polar surface area (TPSA) is 143 Å². The lowest BCUT2D eigenvalue weighted by atomic mass is 9.96. The molecule has 1 aliphatic rings. The second kappa shape index (κ2) is 13.2. The van der Waals surface area contributed by atoms with E-state index in [1.807, 2.05) is 38.2 Å². The van der Waals surface area contributed by atoms with Crippen LogP contribution in [0.25, 0.3) is 11.1 Å². The van der Waals surface area contributed by atoms with Crippen LogP contribution >= 0.6 is 0 Å². The Labute approximate surface area is 249 Å². The van der Waals surface area contributed by atoms with E-state index in [0.29, 0.717) is 36.3 Å². The third kappa shape index (κ3) is 6.84. The molecule has 0 atom stereocenters. The lowest BCUT2D eigenvalue weighted by molar-refractivity contribution is -0.135. The van der Waals surface area contributed by atoms with Crippen molar-refractivity contribution < 1.29 is 34.5 Å². The van der Waals surface area contributed by atoms with Gasteiger partial charge in [-0.05, 0) is 73.5 Å². The maximum Gasteiger partial charge on any atom is 0.353 e. The van der Waals surface area contributed by atoms with Crippen molar-refractivity contribution in [2.45, 2.75) is 13.8 Å². The van der Waals surface area contributed by atoms with Gasteiger partial charge in [-0.3, -0.25) is 9.69 Å². The van der Waals surface area contributed by atoms with Crippen molar-refractivity contribution in [3.8, 4) is 16.9 Å².